The number of nitrogens with zero attached hydrogens (tertiary/aromatic N) is 7. The van der Waals surface area contributed by atoms with E-state index in [1.807, 2.05) is 4.90 Å². The number of fused-ring (bicyclic) bond motifs is 1. The van der Waals surface area contributed by atoms with Crippen LogP contribution in [0.15, 0.2) is 36.5 Å². The van der Waals surface area contributed by atoms with E-state index in [0.717, 1.165) is 25.5 Å². The molecule has 3 aromatic rings. The van der Waals surface area contributed by atoms with Crippen molar-refractivity contribution in [2.24, 2.45) is 5.92 Å². The molecular weight excluding hydrogens is 522 g/mol. The van der Waals surface area contributed by atoms with Gasteiger partial charge in [0.15, 0.2) is 5.82 Å². The lowest BCUT2D eigenvalue weighted by Crippen LogP contribution is -2.49. The second kappa shape index (κ2) is 10.8. The molecule has 7 nitrogen and oxygen atoms in total. The smallest absolute Gasteiger partial charge is 0.353 e. The summed E-state index contributed by atoms with van der Waals surface area (Å²) in [5.41, 5.74) is 0.491. The summed E-state index contributed by atoms with van der Waals surface area (Å²) in [6.45, 7) is 4.16. The van der Waals surface area contributed by atoms with Crippen molar-refractivity contribution in [3.8, 4) is 11.4 Å². The lowest BCUT2D eigenvalue weighted by molar-refractivity contribution is -0.137. The molecule has 2 aromatic heterocycles. The molecule has 1 aromatic carbocycles. The Morgan fingerprint density at radius 1 is 0.825 bits per heavy atom. The van der Waals surface area contributed by atoms with Crippen LogP contribution in [-0.2, 0) is 6.18 Å². The Morgan fingerprint density at radius 2 is 1.55 bits per heavy atom. The van der Waals surface area contributed by atoms with Crippen molar-refractivity contribution in [3.05, 3.63) is 53.5 Å². The molecule has 2 atom stereocenters. The first-order valence-electron chi connectivity index (χ1n) is 14.1. The van der Waals surface area contributed by atoms with Gasteiger partial charge in [-0.25, -0.2) is 9.37 Å². The standard InChI is InChI=1S/C29H33F4N7/c1-19-18-21(10-11-23(19)30)25-35-27(37-28(36-25)40-13-5-7-20-6-2-3-9-24(20)40)39-16-14-38(15-17-39)26-22(29(31,32)33)8-4-12-34-26/h4,8,10-12,18,20,24H,2-3,5-7,9,13-17H2,1H3. The summed E-state index contributed by atoms with van der Waals surface area (Å²) < 4.78 is 54.9. The first-order valence-corrected chi connectivity index (χ1v) is 14.1. The molecule has 0 amide bonds. The Kier molecular flexibility index (Phi) is 7.22. The van der Waals surface area contributed by atoms with Gasteiger partial charge in [0.25, 0.3) is 0 Å². The van der Waals surface area contributed by atoms with Crippen LogP contribution >= 0.6 is 0 Å². The highest BCUT2D eigenvalue weighted by atomic mass is 19.4. The zero-order valence-electron chi connectivity index (χ0n) is 22.5. The Morgan fingerprint density at radius 3 is 2.33 bits per heavy atom. The zero-order chi connectivity index (χ0) is 27.9. The van der Waals surface area contributed by atoms with Gasteiger partial charge >= 0.3 is 6.18 Å². The molecule has 2 aliphatic heterocycles. The van der Waals surface area contributed by atoms with Gasteiger partial charge in [0.1, 0.15) is 11.6 Å². The van der Waals surface area contributed by atoms with Crippen molar-refractivity contribution in [3.63, 3.8) is 0 Å². The molecule has 2 saturated heterocycles. The summed E-state index contributed by atoms with van der Waals surface area (Å²) in [7, 11) is 0. The second-order valence-electron chi connectivity index (χ2n) is 11.0. The fraction of sp³-hybridized carbons (Fsp3) is 0.517. The van der Waals surface area contributed by atoms with Gasteiger partial charge in [0.2, 0.25) is 11.9 Å². The number of halogens is 4. The molecule has 4 heterocycles. The van der Waals surface area contributed by atoms with Crippen molar-refractivity contribution < 1.29 is 17.6 Å². The Labute approximate surface area is 231 Å². The summed E-state index contributed by atoms with van der Waals surface area (Å²) in [6, 6.07) is 7.63. The quantitative estimate of drug-likeness (QED) is 0.373. The molecule has 3 fully saturated rings. The highest BCUT2D eigenvalue weighted by Crippen LogP contribution is 2.38. The van der Waals surface area contributed by atoms with Crippen LogP contribution in [0.2, 0.25) is 0 Å². The predicted molar refractivity (Wildman–Crippen MR) is 146 cm³/mol. The maximum absolute atomic E-state index is 14.1. The largest absolute Gasteiger partial charge is 0.419 e. The Hall–Kier alpha value is -3.50. The molecule has 0 radical (unpaired) electrons. The topological polar surface area (TPSA) is 61.3 Å². The minimum atomic E-state index is -4.47. The van der Waals surface area contributed by atoms with E-state index in [-0.39, 0.29) is 11.6 Å². The average molecular weight is 556 g/mol. The first kappa shape index (κ1) is 26.7. The van der Waals surface area contributed by atoms with E-state index in [0.29, 0.717) is 67.0 Å². The van der Waals surface area contributed by atoms with Crippen molar-refractivity contribution in [1.29, 1.82) is 0 Å². The van der Waals surface area contributed by atoms with Gasteiger partial charge in [-0.2, -0.15) is 28.1 Å². The monoisotopic (exact) mass is 555 g/mol. The zero-order valence-corrected chi connectivity index (χ0v) is 22.5. The van der Waals surface area contributed by atoms with E-state index >= 15 is 0 Å². The number of benzene rings is 1. The Bertz CT molecular complexity index is 1350. The van der Waals surface area contributed by atoms with Gasteiger partial charge in [-0.05, 0) is 74.4 Å². The number of hydrogen-bond acceptors (Lipinski definition) is 7. The third-order valence-electron chi connectivity index (χ3n) is 8.48. The summed E-state index contributed by atoms with van der Waals surface area (Å²) in [5.74, 6) is 1.89. The number of pyridine rings is 1. The summed E-state index contributed by atoms with van der Waals surface area (Å²) in [4.78, 5) is 24.7. The Balaban J connectivity index is 1.31. The second-order valence-corrected chi connectivity index (χ2v) is 11.0. The van der Waals surface area contributed by atoms with E-state index in [1.54, 1.807) is 24.0 Å². The highest BCUT2D eigenvalue weighted by molar-refractivity contribution is 5.60. The van der Waals surface area contributed by atoms with E-state index < -0.39 is 11.7 Å². The lowest BCUT2D eigenvalue weighted by Gasteiger charge is -2.44. The summed E-state index contributed by atoms with van der Waals surface area (Å²) >= 11 is 0. The predicted octanol–water partition coefficient (Wildman–Crippen LogP) is 5.89. The van der Waals surface area contributed by atoms with Crippen LogP contribution in [0.3, 0.4) is 0 Å². The van der Waals surface area contributed by atoms with Gasteiger partial charge in [-0.15, -0.1) is 0 Å². The molecule has 212 valence electrons. The molecule has 1 aliphatic carbocycles. The fourth-order valence-corrected chi connectivity index (χ4v) is 6.40. The molecule has 0 spiro atoms. The minimum Gasteiger partial charge on any atom is -0.353 e. The molecule has 6 rings (SSSR count). The number of alkyl halides is 3. The first-order chi connectivity index (χ1) is 19.3. The third-order valence-corrected chi connectivity index (χ3v) is 8.48. The van der Waals surface area contributed by atoms with Crippen LogP contribution in [0.4, 0.5) is 35.3 Å². The third kappa shape index (κ3) is 5.30. The summed E-state index contributed by atoms with van der Waals surface area (Å²) in [5, 5.41) is 0. The molecule has 40 heavy (non-hydrogen) atoms. The number of hydrogen-bond donors (Lipinski definition) is 0. The molecular formula is C29H33F4N7. The lowest BCUT2D eigenvalue weighted by atomic mass is 9.78. The van der Waals surface area contributed by atoms with Gasteiger partial charge in [-0.3, -0.25) is 0 Å². The van der Waals surface area contributed by atoms with Gasteiger partial charge in [-0.1, -0.05) is 12.8 Å². The minimum absolute atomic E-state index is 0.0508. The van der Waals surface area contributed by atoms with Crippen molar-refractivity contribution in [2.45, 2.75) is 57.7 Å². The number of anilines is 3. The van der Waals surface area contributed by atoms with Crippen LogP contribution in [0, 0.1) is 18.7 Å². The number of rotatable bonds is 4. The average Bonchev–Trinajstić information content (AvgIpc) is 2.97. The molecule has 11 heteroatoms. The van der Waals surface area contributed by atoms with Crippen molar-refractivity contribution >= 4 is 17.7 Å². The van der Waals surface area contributed by atoms with Crippen molar-refractivity contribution in [1.82, 2.24) is 19.9 Å². The highest BCUT2D eigenvalue weighted by Gasteiger charge is 2.37. The van der Waals surface area contributed by atoms with E-state index in [2.05, 4.69) is 9.88 Å². The molecule has 1 saturated carbocycles. The number of piperidine rings is 1. The van der Waals surface area contributed by atoms with E-state index in [4.69, 9.17) is 15.0 Å². The maximum atomic E-state index is 14.1. The van der Waals surface area contributed by atoms with Gasteiger partial charge in [0, 0.05) is 50.5 Å². The van der Waals surface area contributed by atoms with Gasteiger partial charge < -0.3 is 14.7 Å². The van der Waals surface area contributed by atoms with Crippen LogP contribution < -0.4 is 14.7 Å². The van der Waals surface area contributed by atoms with E-state index in [1.165, 1.54) is 44.0 Å². The SMILES string of the molecule is Cc1cc(-c2nc(N3CCN(c4ncccc4C(F)(F)F)CC3)nc(N3CCCC4CCCCC43)n2)ccc1F. The number of aromatic nitrogens is 4. The summed E-state index contributed by atoms with van der Waals surface area (Å²) in [6.07, 6.45) is 4.00. The van der Waals surface area contributed by atoms with Crippen molar-refractivity contribution in [2.75, 3.05) is 47.4 Å². The molecule has 0 bridgehead atoms. The fourth-order valence-electron chi connectivity index (χ4n) is 6.40. The van der Waals surface area contributed by atoms with Crippen LogP contribution in [0.25, 0.3) is 11.4 Å². The molecule has 2 unspecified atom stereocenters. The molecule has 3 aliphatic rings. The van der Waals surface area contributed by atoms with Gasteiger partial charge in [0.05, 0.1) is 5.56 Å². The normalized spacial score (nSPS) is 21.9. The number of piperazine rings is 1. The van der Waals surface area contributed by atoms with Crippen LogP contribution in [-0.4, -0.2) is 58.7 Å². The van der Waals surface area contributed by atoms with E-state index in [9.17, 15) is 17.6 Å². The molecule has 0 N–H and O–H groups in total. The van der Waals surface area contributed by atoms with Crippen LogP contribution in [0.5, 0.6) is 0 Å². The maximum Gasteiger partial charge on any atom is 0.419 e. The van der Waals surface area contributed by atoms with Crippen LogP contribution in [0.1, 0.15) is 49.7 Å². The number of aryl methyl sites for hydroxylation is 1.